The summed E-state index contributed by atoms with van der Waals surface area (Å²) < 4.78 is 7.56. The second-order valence-electron chi connectivity index (χ2n) is 9.20. The third-order valence-electron chi connectivity index (χ3n) is 7.22. The van der Waals surface area contributed by atoms with Gasteiger partial charge in [-0.05, 0) is 66.6 Å². The van der Waals surface area contributed by atoms with E-state index in [1.165, 1.54) is 33.6 Å². The van der Waals surface area contributed by atoms with Gasteiger partial charge in [-0.15, -0.1) is 0 Å². The van der Waals surface area contributed by atoms with Crippen molar-refractivity contribution < 1.29 is 4.74 Å². The van der Waals surface area contributed by atoms with Gasteiger partial charge in [-0.1, -0.05) is 88.2 Å². The molecule has 0 radical (unpaired) electrons. The molecule has 0 fully saturated rings. The Morgan fingerprint density at radius 3 is 1.86 bits per heavy atom. The van der Waals surface area contributed by atoms with Crippen LogP contribution in [-0.2, 0) is 5.41 Å². The van der Waals surface area contributed by atoms with Crippen LogP contribution in [0.1, 0.15) is 27.8 Å². The van der Waals surface area contributed by atoms with Crippen molar-refractivity contribution in [2.75, 3.05) is 4.90 Å². The summed E-state index contributed by atoms with van der Waals surface area (Å²) in [7, 11) is 0. The standard InChI is InChI=1S/C32H22BrNO/c1-21-15-17-30-26(19-21)32(27-20-22(33)16-18-31(27)35-30)24-11-5-7-13-28(24)34(23-9-3-2-4-10-23)29-14-8-6-12-25(29)32/h2-20H,1H3. The number of para-hydroxylation sites is 3. The van der Waals surface area contributed by atoms with E-state index in [0.29, 0.717) is 0 Å². The molecule has 5 aromatic carbocycles. The first-order valence-corrected chi connectivity index (χ1v) is 12.6. The van der Waals surface area contributed by atoms with Gasteiger partial charge in [0.15, 0.2) is 0 Å². The van der Waals surface area contributed by atoms with Gasteiger partial charge in [-0.2, -0.15) is 0 Å². The fraction of sp³-hybridized carbons (Fsp3) is 0.0625. The van der Waals surface area contributed by atoms with Gasteiger partial charge in [-0.3, -0.25) is 0 Å². The zero-order chi connectivity index (χ0) is 23.6. The molecule has 7 rings (SSSR count). The van der Waals surface area contributed by atoms with Gasteiger partial charge in [-0.25, -0.2) is 0 Å². The smallest absolute Gasteiger partial charge is 0.132 e. The van der Waals surface area contributed by atoms with Crippen molar-refractivity contribution in [1.29, 1.82) is 0 Å². The summed E-state index contributed by atoms with van der Waals surface area (Å²) in [5.41, 5.74) is 9.02. The van der Waals surface area contributed by atoms with Crippen molar-refractivity contribution in [3.8, 4) is 11.5 Å². The van der Waals surface area contributed by atoms with Gasteiger partial charge < -0.3 is 9.64 Å². The monoisotopic (exact) mass is 515 g/mol. The molecule has 2 nitrogen and oxygen atoms in total. The van der Waals surface area contributed by atoms with Crippen LogP contribution in [0.5, 0.6) is 11.5 Å². The van der Waals surface area contributed by atoms with Gasteiger partial charge in [0.2, 0.25) is 0 Å². The third-order valence-corrected chi connectivity index (χ3v) is 7.71. The lowest BCUT2D eigenvalue weighted by Gasteiger charge is -2.48. The van der Waals surface area contributed by atoms with Gasteiger partial charge in [0.25, 0.3) is 0 Å². The highest BCUT2D eigenvalue weighted by Gasteiger charge is 2.51. The number of hydrogen-bond donors (Lipinski definition) is 0. The molecule has 0 bridgehead atoms. The molecule has 5 aromatic rings. The van der Waals surface area contributed by atoms with E-state index in [1.54, 1.807) is 0 Å². The molecule has 0 atom stereocenters. The summed E-state index contributed by atoms with van der Waals surface area (Å²) in [6.07, 6.45) is 0. The Hall–Kier alpha value is -3.82. The molecule has 0 saturated heterocycles. The normalized spacial score (nSPS) is 14.4. The van der Waals surface area contributed by atoms with Gasteiger partial charge in [0.1, 0.15) is 11.5 Å². The average molecular weight is 516 g/mol. The fourth-order valence-corrected chi connectivity index (χ4v) is 6.22. The van der Waals surface area contributed by atoms with E-state index in [4.69, 9.17) is 4.74 Å². The largest absolute Gasteiger partial charge is 0.457 e. The topological polar surface area (TPSA) is 12.5 Å². The number of halogens is 1. The zero-order valence-corrected chi connectivity index (χ0v) is 20.8. The first-order valence-electron chi connectivity index (χ1n) is 11.8. The first kappa shape index (κ1) is 20.5. The van der Waals surface area contributed by atoms with Crippen LogP contribution in [0, 0.1) is 6.92 Å². The second kappa shape index (κ2) is 7.59. The lowest BCUT2D eigenvalue weighted by atomic mass is 9.61. The maximum atomic E-state index is 6.52. The van der Waals surface area contributed by atoms with Crippen LogP contribution >= 0.6 is 15.9 Å². The molecule has 35 heavy (non-hydrogen) atoms. The summed E-state index contributed by atoms with van der Waals surface area (Å²) in [6.45, 7) is 2.15. The van der Waals surface area contributed by atoms with E-state index < -0.39 is 5.41 Å². The number of aryl methyl sites for hydroxylation is 1. The summed E-state index contributed by atoms with van der Waals surface area (Å²) >= 11 is 3.76. The van der Waals surface area contributed by atoms with Crippen molar-refractivity contribution in [3.63, 3.8) is 0 Å². The lowest BCUT2D eigenvalue weighted by molar-refractivity contribution is 0.433. The molecule has 0 saturated carbocycles. The Kier molecular flexibility index (Phi) is 4.46. The quantitative estimate of drug-likeness (QED) is 0.216. The van der Waals surface area contributed by atoms with Gasteiger partial charge >= 0.3 is 0 Å². The van der Waals surface area contributed by atoms with Crippen LogP contribution in [0.3, 0.4) is 0 Å². The Balaban J connectivity index is 1.68. The summed E-state index contributed by atoms with van der Waals surface area (Å²) in [5.74, 6) is 1.80. The predicted octanol–water partition coefficient (Wildman–Crippen LogP) is 9.03. The SMILES string of the molecule is Cc1ccc2c(c1)C1(c3cc(Br)ccc3O2)c2ccccc2N(c2ccccc2)c2ccccc21. The molecule has 0 N–H and O–H groups in total. The molecule has 0 aliphatic carbocycles. The minimum atomic E-state index is -0.517. The van der Waals surface area contributed by atoms with E-state index in [-0.39, 0.29) is 0 Å². The fourth-order valence-electron chi connectivity index (χ4n) is 5.86. The van der Waals surface area contributed by atoms with Crippen molar-refractivity contribution in [1.82, 2.24) is 0 Å². The molecule has 0 aromatic heterocycles. The number of anilines is 3. The molecule has 0 unspecified atom stereocenters. The average Bonchev–Trinajstić information content (AvgIpc) is 2.90. The Morgan fingerprint density at radius 2 is 1.17 bits per heavy atom. The minimum Gasteiger partial charge on any atom is -0.457 e. The Labute approximate surface area is 213 Å². The molecular formula is C32H22BrNO. The van der Waals surface area contributed by atoms with Crippen molar-refractivity contribution >= 4 is 33.0 Å². The maximum Gasteiger partial charge on any atom is 0.132 e. The van der Waals surface area contributed by atoms with E-state index in [2.05, 4.69) is 143 Å². The molecule has 0 amide bonds. The van der Waals surface area contributed by atoms with Crippen LogP contribution < -0.4 is 9.64 Å². The van der Waals surface area contributed by atoms with E-state index in [0.717, 1.165) is 27.2 Å². The van der Waals surface area contributed by atoms with E-state index in [1.807, 2.05) is 0 Å². The highest BCUT2D eigenvalue weighted by molar-refractivity contribution is 9.10. The number of ether oxygens (including phenoxy) is 1. The minimum absolute atomic E-state index is 0.517. The van der Waals surface area contributed by atoms with Crippen molar-refractivity contribution in [2.24, 2.45) is 0 Å². The lowest BCUT2D eigenvalue weighted by Crippen LogP contribution is -2.39. The molecular weight excluding hydrogens is 494 g/mol. The Morgan fingerprint density at radius 1 is 0.600 bits per heavy atom. The molecule has 2 aliphatic heterocycles. The van der Waals surface area contributed by atoms with E-state index >= 15 is 0 Å². The summed E-state index contributed by atoms with van der Waals surface area (Å²) in [5, 5.41) is 0. The summed E-state index contributed by atoms with van der Waals surface area (Å²) in [4.78, 5) is 2.39. The number of hydrogen-bond acceptors (Lipinski definition) is 2. The number of benzene rings is 5. The number of rotatable bonds is 1. The summed E-state index contributed by atoms with van der Waals surface area (Å²) in [6, 6.07) is 41.2. The van der Waals surface area contributed by atoms with Crippen LogP contribution in [0.4, 0.5) is 17.1 Å². The third kappa shape index (κ3) is 2.82. The molecule has 2 aliphatic rings. The van der Waals surface area contributed by atoms with Crippen molar-refractivity contribution in [2.45, 2.75) is 12.3 Å². The number of fused-ring (bicyclic) bond motifs is 8. The Bertz CT molecular complexity index is 1510. The highest BCUT2D eigenvalue weighted by atomic mass is 79.9. The van der Waals surface area contributed by atoms with Crippen LogP contribution in [0.15, 0.2) is 120 Å². The van der Waals surface area contributed by atoms with Crippen molar-refractivity contribution in [3.05, 3.63) is 148 Å². The zero-order valence-electron chi connectivity index (χ0n) is 19.2. The van der Waals surface area contributed by atoms with Crippen LogP contribution in [0.2, 0.25) is 0 Å². The van der Waals surface area contributed by atoms with E-state index in [9.17, 15) is 0 Å². The predicted molar refractivity (Wildman–Crippen MR) is 146 cm³/mol. The second-order valence-corrected chi connectivity index (χ2v) is 10.1. The molecule has 3 heteroatoms. The maximum absolute atomic E-state index is 6.52. The van der Waals surface area contributed by atoms with Gasteiger partial charge in [0.05, 0.1) is 16.8 Å². The van der Waals surface area contributed by atoms with Crippen LogP contribution in [-0.4, -0.2) is 0 Å². The highest BCUT2D eigenvalue weighted by Crippen LogP contribution is 2.62. The molecule has 1 spiro atoms. The number of nitrogens with zero attached hydrogens (tertiary/aromatic N) is 1. The molecule has 168 valence electrons. The van der Waals surface area contributed by atoms with Crippen LogP contribution in [0.25, 0.3) is 0 Å². The molecule has 2 heterocycles. The van der Waals surface area contributed by atoms with Gasteiger partial charge in [0, 0.05) is 21.3 Å². The first-order chi connectivity index (χ1) is 17.2.